The van der Waals surface area contributed by atoms with E-state index in [0.717, 1.165) is 0 Å². The fraction of sp³-hybridized carbons (Fsp3) is 0.917. The summed E-state index contributed by atoms with van der Waals surface area (Å²) >= 11 is 0. The van der Waals surface area contributed by atoms with Crippen molar-refractivity contribution in [2.45, 2.75) is 39.0 Å². The van der Waals surface area contributed by atoms with E-state index < -0.39 is 36.1 Å². The Labute approximate surface area is 110 Å². The second-order valence-corrected chi connectivity index (χ2v) is 5.91. The number of rotatable bonds is 2. The Morgan fingerprint density at radius 2 is 1.79 bits per heavy atom. The highest BCUT2D eigenvalue weighted by molar-refractivity contribution is 5.68. The van der Waals surface area contributed by atoms with E-state index in [2.05, 4.69) is 0 Å². The van der Waals surface area contributed by atoms with Crippen molar-refractivity contribution >= 4 is 6.09 Å². The smallest absolute Gasteiger partial charge is 0.410 e. The molecule has 0 aromatic heterocycles. The lowest BCUT2D eigenvalue weighted by Gasteiger charge is -2.24. The summed E-state index contributed by atoms with van der Waals surface area (Å²) in [4.78, 5) is 13.0. The molecule has 1 fully saturated rings. The number of hydrogen-bond donors (Lipinski definition) is 1. The zero-order chi connectivity index (χ0) is 14.8. The van der Waals surface area contributed by atoms with Crippen LogP contribution in [0.25, 0.3) is 0 Å². The van der Waals surface area contributed by atoms with E-state index in [0.29, 0.717) is 0 Å². The first-order valence-corrected chi connectivity index (χ1v) is 6.17. The van der Waals surface area contributed by atoms with E-state index in [4.69, 9.17) is 9.84 Å². The van der Waals surface area contributed by atoms with Crippen LogP contribution in [0.2, 0.25) is 0 Å². The average molecular weight is 283 g/mol. The third kappa shape index (κ3) is 5.26. The summed E-state index contributed by atoms with van der Waals surface area (Å²) in [6, 6.07) is 0. The minimum absolute atomic E-state index is 0.0281. The topological polar surface area (TPSA) is 49.8 Å². The number of carbonyl (C=O) groups excluding carboxylic acids is 1. The summed E-state index contributed by atoms with van der Waals surface area (Å²) in [6.45, 7) is 4.79. The summed E-state index contributed by atoms with van der Waals surface area (Å²) in [6.07, 6.45) is -5.91. The van der Waals surface area contributed by atoms with Crippen molar-refractivity contribution in [1.29, 1.82) is 0 Å². The fourth-order valence-corrected chi connectivity index (χ4v) is 2.15. The van der Waals surface area contributed by atoms with Crippen molar-refractivity contribution in [1.82, 2.24) is 4.90 Å². The van der Waals surface area contributed by atoms with Crippen molar-refractivity contribution in [2.75, 3.05) is 19.7 Å². The minimum Gasteiger partial charge on any atom is -0.444 e. The molecule has 0 aromatic rings. The van der Waals surface area contributed by atoms with E-state index in [9.17, 15) is 18.0 Å². The molecule has 4 nitrogen and oxygen atoms in total. The lowest BCUT2D eigenvalue weighted by Crippen LogP contribution is -2.35. The zero-order valence-electron chi connectivity index (χ0n) is 11.3. The van der Waals surface area contributed by atoms with Crippen molar-refractivity contribution in [2.24, 2.45) is 11.8 Å². The van der Waals surface area contributed by atoms with E-state index in [1.165, 1.54) is 4.90 Å². The van der Waals surface area contributed by atoms with Crippen LogP contribution in [0.1, 0.15) is 27.2 Å². The second-order valence-electron chi connectivity index (χ2n) is 5.91. The predicted octanol–water partition coefficient (Wildman–Crippen LogP) is 2.41. The summed E-state index contributed by atoms with van der Waals surface area (Å²) in [5, 5.41) is 9.12. The predicted molar refractivity (Wildman–Crippen MR) is 62.5 cm³/mol. The molecule has 1 saturated heterocycles. The molecule has 0 bridgehead atoms. The van der Waals surface area contributed by atoms with Crippen molar-refractivity contribution in [3.63, 3.8) is 0 Å². The van der Waals surface area contributed by atoms with Gasteiger partial charge in [0.15, 0.2) is 0 Å². The normalized spacial score (nSPS) is 24.7. The van der Waals surface area contributed by atoms with Gasteiger partial charge in [0.25, 0.3) is 0 Å². The van der Waals surface area contributed by atoms with Crippen LogP contribution in [0.5, 0.6) is 0 Å². The Balaban J connectivity index is 2.63. The van der Waals surface area contributed by atoms with Gasteiger partial charge in [-0.25, -0.2) is 4.79 Å². The van der Waals surface area contributed by atoms with E-state index in [1.54, 1.807) is 20.8 Å². The maximum Gasteiger partial charge on any atom is 0.410 e. The molecule has 19 heavy (non-hydrogen) atoms. The van der Waals surface area contributed by atoms with Gasteiger partial charge in [-0.1, -0.05) is 0 Å². The van der Waals surface area contributed by atoms with Gasteiger partial charge in [0.05, 0.1) is 0 Å². The molecule has 1 N–H and O–H groups in total. The minimum atomic E-state index is -4.29. The number of hydrogen-bond acceptors (Lipinski definition) is 3. The molecule has 2 atom stereocenters. The quantitative estimate of drug-likeness (QED) is 0.846. The van der Waals surface area contributed by atoms with E-state index in [1.807, 2.05) is 0 Å². The SMILES string of the molecule is CC(C)(C)OC(=O)N1CC(CO)C(CC(F)(F)F)C1. The molecule has 112 valence electrons. The molecule has 1 heterocycles. The summed E-state index contributed by atoms with van der Waals surface area (Å²) in [5.41, 5.74) is -0.687. The van der Waals surface area contributed by atoms with Crippen LogP contribution in [-0.4, -0.2) is 47.6 Å². The van der Waals surface area contributed by atoms with Gasteiger partial charge in [0, 0.05) is 32.0 Å². The first kappa shape index (κ1) is 16.1. The first-order valence-electron chi connectivity index (χ1n) is 6.17. The Morgan fingerprint density at radius 1 is 1.26 bits per heavy atom. The zero-order valence-corrected chi connectivity index (χ0v) is 11.3. The molecule has 0 aromatic carbocycles. The Morgan fingerprint density at radius 3 is 2.21 bits per heavy atom. The number of alkyl halides is 3. The number of nitrogens with zero attached hydrogens (tertiary/aromatic N) is 1. The van der Waals surface area contributed by atoms with Gasteiger partial charge in [-0.05, 0) is 26.7 Å². The van der Waals surface area contributed by atoms with Crippen LogP contribution in [0.4, 0.5) is 18.0 Å². The number of likely N-dealkylation sites (tertiary alicyclic amines) is 1. The maximum absolute atomic E-state index is 12.4. The summed E-state index contributed by atoms with van der Waals surface area (Å²) in [7, 11) is 0. The van der Waals surface area contributed by atoms with Gasteiger partial charge in [-0.2, -0.15) is 13.2 Å². The Hall–Kier alpha value is -0.980. The number of aliphatic hydroxyl groups is 1. The van der Waals surface area contributed by atoms with Gasteiger partial charge in [-0.15, -0.1) is 0 Å². The molecule has 0 radical (unpaired) electrons. The highest BCUT2D eigenvalue weighted by Crippen LogP contribution is 2.34. The molecule has 0 spiro atoms. The lowest BCUT2D eigenvalue weighted by molar-refractivity contribution is -0.146. The van der Waals surface area contributed by atoms with Crippen LogP contribution in [0, 0.1) is 11.8 Å². The van der Waals surface area contributed by atoms with Crippen LogP contribution >= 0.6 is 0 Å². The van der Waals surface area contributed by atoms with Gasteiger partial charge >= 0.3 is 12.3 Å². The molecule has 7 heteroatoms. The van der Waals surface area contributed by atoms with Crippen LogP contribution < -0.4 is 0 Å². The second kappa shape index (κ2) is 5.56. The van der Waals surface area contributed by atoms with Crippen molar-refractivity contribution < 1.29 is 27.8 Å². The lowest BCUT2D eigenvalue weighted by atomic mass is 9.93. The molecule has 1 aliphatic rings. The molecule has 0 aliphatic carbocycles. The molecule has 1 rings (SSSR count). The largest absolute Gasteiger partial charge is 0.444 e. The summed E-state index contributed by atoms with van der Waals surface area (Å²) in [5.74, 6) is -1.31. The molecule has 1 aliphatic heterocycles. The van der Waals surface area contributed by atoms with Crippen LogP contribution in [-0.2, 0) is 4.74 Å². The Bertz CT molecular complexity index is 325. The molecular formula is C12H20F3NO3. The number of halogens is 3. The number of ether oxygens (including phenoxy) is 1. The van der Waals surface area contributed by atoms with Crippen molar-refractivity contribution in [3.05, 3.63) is 0 Å². The third-order valence-corrected chi connectivity index (χ3v) is 2.96. The molecule has 2 unspecified atom stereocenters. The van der Waals surface area contributed by atoms with Crippen LogP contribution in [0.3, 0.4) is 0 Å². The van der Waals surface area contributed by atoms with Gasteiger partial charge in [0.2, 0.25) is 0 Å². The summed E-state index contributed by atoms with van der Waals surface area (Å²) < 4.78 is 42.3. The highest BCUT2D eigenvalue weighted by atomic mass is 19.4. The highest BCUT2D eigenvalue weighted by Gasteiger charge is 2.42. The number of amides is 1. The molecular weight excluding hydrogens is 263 g/mol. The average Bonchev–Trinajstić information content (AvgIpc) is 2.55. The Kier molecular flexibility index (Phi) is 4.71. The standard InChI is InChI=1S/C12H20F3NO3/c1-11(2,3)19-10(18)16-5-8(4-12(13,14)15)9(6-16)7-17/h8-9,17H,4-7H2,1-3H3. The first-order chi connectivity index (χ1) is 8.52. The molecule has 0 saturated carbocycles. The van der Waals surface area contributed by atoms with E-state index >= 15 is 0 Å². The maximum atomic E-state index is 12.4. The van der Waals surface area contributed by atoms with Crippen LogP contribution in [0.15, 0.2) is 0 Å². The third-order valence-electron chi connectivity index (χ3n) is 2.96. The monoisotopic (exact) mass is 283 g/mol. The van der Waals surface area contributed by atoms with Gasteiger partial charge in [0.1, 0.15) is 5.60 Å². The van der Waals surface area contributed by atoms with E-state index in [-0.39, 0.29) is 19.7 Å². The fourth-order valence-electron chi connectivity index (χ4n) is 2.15. The molecule has 1 amide bonds. The number of carbonyl (C=O) groups is 1. The van der Waals surface area contributed by atoms with Gasteiger partial charge < -0.3 is 14.7 Å². The van der Waals surface area contributed by atoms with Gasteiger partial charge in [-0.3, -0.25) is 0 Å². The number of aliphatic hydroxyl groups excluding tert-OH is 1. The van der Waals surface area contributed by atoms with Crippen molar-refractivity contribution in [3.8, 4) is 0 Å².